The molecule has 0 radical (unpaired) electrons. The Morgan fingerprint density at radius 3 is 2.63 bits per heavy atom. The van der Waals surface area contributed by atoms with E-state index in [9.17, 15) is 20.0 Å². The molecule has 19 heavy (non-hydrogen) atoms. The van der Waals surface area contributed by atoms with Gasteiger partial charge >= 0.3 is 5.97 Å². The second kappa shape index (κ2) is 6.12. The van der Waals surface area contributed by atoms with Gasteiger partial charge in [0.2, 0.25) is 0 Å². The van der Waals surface area contributed by atoms with E-state index in [1.165, 1.54) is 13.0 Å². The van der Waals surface area contributed by atoms with Crippen molar-refractivity contribution in [3.05, 3.63) is 33.4 Å². The van der Waals surface area contributed by atoms with Crippen LogP contribution in [0.15, 0.2) is 12.1 Å². The number of aromatic carboxylic acids is 1. The van der Waals surface area contributed by atoms with Gasteiger partial charge < -0.3 is 20.6 Å². The van der Waals surface area contributed by atoms with Crippen LogP contribution in [-0.2, 0) is 0 Å². The SMILES string of the molecule is Cc1cc([N+](=O)[O-])cc(C(=O)O)c1NCC(O)CO. The van der Waals surface area contributed by atoms with Gasteiger partial charge in [-0.1, -0.05) is 0 Å². The Labute approximate surface area is 108 Å². The highest BCUT2D eigenvalue weighted by Gasteiger charge is 2.19. The second-order valence-corrected chi connectivity index (χ2v) is 3.96. The topological polar surface area (TPSA) is 133 Å². The van der Waals surface area contributed by atoms with Crippen LogP contribution in [0.1, 0.15) is 15.9 Å². The molecule has 1 rings (SSSR count). The first-order valence-electron chi connectivity index (χ1n) is 5.42. The molecular formula is C11H14N2O6. The highest BCUT2D eigenvalue weighted by molar-refractivity contribution is 5.96. The fourth-order valence-electron chi connectivity index (χ4n) is 1.56. The van der Waals surface area contributed by atoms with Crippen molar-refractivity contribution in [3.8, 4) is 0 Å². The van der Waals surface area contributed by atoms with E-state index in [4.69, 9.17) is 10.2 Å². The Bertz CT molecular complexity index is 502. The Balaban J connectivity index is 3.15. The third kappa shape index (κ3) is 3.63. The van der Waals surface area contributed by atoms with Gasteiger partial charge in [0, 0.05) is 18.7 Å². The number of hydrogen-bond donors (Lipinski definition) is 4. The van der Waals surface area contributed by atoms with Crippen LogP contribution in [0.3, 0.4) is 0 Å². The number of carboxylic acids is 1. The average Bonchev–Trinajstić information content (AvgIpc) is 2.35. The quantitative estimate of drug-likeness (QED) is 0.433. The summed E-state index contributed by atoms with van der Waals surface area (Å²) in [5, 5.41) is 40.3. The molecule has 1 atom stereocenters. The number of carbonyl (C=O) groups is 1. The van der Waals surface area contributed by atoms with Gasteiger partial charge in [-0.3, -0.25) is 10.1 Å². The smallest absolute Gasteiger partial charge is 0.338 e. The Morgan fingerprint density at radius 1 is 1.53 bits per heavy atom. The second-order valence-electron chi connectivity index (χ2n) is 3.96. The first kappa shape index (κ1) is 14.9. The summed E-state index contributed by atoms with van der Waals surface area (Å²) >= 11 is 0. The van der Waals surface area contributed by atoms with Crippen molar-refractivity contribution in [2.75, 3.05) is 18.5 Å². The third-order valence-corrected chi connectivity index (χ3v) is 2.49. The summed E-state index contributed by atoms with van der Waals surface area (Å²) in [5.41, 5.74) is -0.0117. The number of nitrogens with zero attached hydrogens (tertiary/aromatic N) is 1. The van der Waals surface area contributed by atoms with Crippen LogP contribution in [0.4, 0.5) is 11.4 Å². The summed E-state index contributed by atoms with van der Waals surface area (Å²) in [5.74, 6) is -1.31. The van der Waals surface area contributed by atoms with Crippen molar-refractivity contribution < 1.29 is 25.0 Å². The Hall–Kier alpha value is -2.19. The van der Waals surface area contributed by atoms with E-state index in [0.717, 1.165) is 6.07 Å². The number of rotatable bonds is 6. The molecule has 8 nitrogen and oxygen atoms in total. The minimum absolute atomic E-state index is 0.0601. The van der Waals surface area contributed by atoms with Gasteiger partial charge in [-0.15, -0.1) is 0 Å². The third-order valence-electron chi connectivity index (χ3n) is 2.49. The monoisotopic (exact) mass is 270 g/mol. The number of non-ortho nitro benzene ring substituents is 1. The fourth-order valence-corrected chi connectivity index (χ4v) is 1.56. The van der Waals surface area contributed by atoms with Gasteiger partial charge in [-0.2, -0.15) is 0 Å². The summed E-state index contributed by atoms with van der Waals surface area (Å²) in [4.78, 5) is 21.1. The average molecular weight is 270 g/mol. The number of hydrogen-bond acceptors (Lipinski definition) is 6. The van der Waals surface area contributed by atoms with Gasteiger partial charge in [0.1, 0.15) is 0 Å². The molecule has 0 aromatic heterocycles. The zero-order valence-electron chi connectivity index (χ0n) is 10.2. The molecule has 104 valence electrons. The number of nitro groups is 1. The number of carboxylic acid groups (broad SMARTS) is 1. The summed E-state index contributed by atoms with van der Waals surface area (Å²) < 4.78 is 0. The zero-order valence-corrected chi connectivity index (χ0v) is 10.2. The maximum Gasteiger partial charge on any atom is 0.338 e. The number of aliphatic hydroxyl groups is 2. The summed E-state index contributed by atoms with van der Waals surface area (Å²) in [6, 6.07) is 2.18. The van der Waals surface area contributed by atoms with Crippen LogP contribution in [0.5, 0.6) is 0 Å². The molecular weight excluding hydrogens is 256 g/mol. The molecule has 1 aromatic carbocycles. The lowest BCUT2D eigenvalue weighted by Crippen LogP contribution is -2.24. The van der Waals surface area contributed by atoms with Crippen molar-refractivity contribution >= 4 is 17.3 Å². The highest BCUT2D eigenvalue weighted by atomic mass is 16.6. The first-order chi connectivity index (χ1) is 8.86. The number of benzene rings is 1. The molecule has 8 heteroatoms. The van der Waals surface area contributed by atoms with Crippen LogP contribution >= 0.6 is 0 Å². The van der Waals surface area contributed by atoms with E-state index in [0.29, 0.717) is 5.56 Å². The molecule has 0 aliphatic rings. The van der Waals surface area contributed by atoms with Gasteiger partial charge in [-0.25, -0.2) is 4.79 Å². The normalized spacial score (nSPS) is 11.9. The molecule has 0 fully saturated rings. The molecule has 0 aliphatic heterocycles. The van der Waals surface area contributed by atoms with Gasteiger partial charge in [0.25, 0.3) is 5.69 Å². The highest BCUT2D eigenvalue weighted by Crippen LogP contribution is 2.26. The molecule has 0 heterocycles. The van der Waals surface area contributed by atoms with Crippen molar-refractivity contribution in [2.24, 2.45) is 0 Å². The van der Waals surface area contributed by atoms with Crippen LogP contribution < -0.4 is 5.32 Å². The molecule has 1 aromatic rings. The van der Waals surface area contributed by atoms with E-state index < -0.39 is 23.6 Å². The molecule has 0 bridgehead atoms. The summed E-state index contributed by atoms with van der Waals surface area (Å²) in [6.45, 7) is 0.990. The lowest BCUT2D eigenvalue weighted by molar-refractivity contribution is -0.384. The van der Waals surface area contributed by atoms with Crippen LogP contribution in [-0.4, -0.2) is 45.5 Å². The minimum Gasteiger partial charge on any atom is -0.478 e. The predicted molar refractivity (Wildman–Crippen MR) is 66.4 cm³/mol. The number of anilines is 1. The standard InChI is InChI=1S/C11H14N2O6/c1-6-2-7(13(18)19)3-9(11(16)17)10(6)12-4-8(15)5-14/h2-3,8,12,14-15H,4-5H2,1H3,(H,16,17). The zero-order chi connectivity index (χ0) is 14.6. The maximum atomic E-state index is 11.1. The predicted octanol–water partition coefficient (Wildman–Crippen LogP) is 0.367. The molecule has 4 N–H and O–H groups in total. The largest absolute Gasteiger partial charge is 0.478 e. The lowest BCUT2D eigenvalue weighted by Gasteiger charge is -2.14. The van der Waals surface area contributed by atoms with E-state index >= 15 is 0 Å². The van der Waals surface area contributed by atoms with E-state index in [-0.39, 0.29) is 23.5 Å². The van der Waals surface area contributed by atoms with Crippen molar-refractivity contribution in [1.82, 2.24) is 0 Å². The number of aryl methyl sites for hydroxylation is 1. The molecule has 1 unspecified atom stereocenters. The van der Waals surface area contributed by atoms with Gasteiger partial charge in [0.15, 0.2) is 0 Å². The van der Waals surface area contributed by atoms with E-state index in [1.807, 2.05) is 0 Å². The lowest BCUT2D eigenvalue weighted by atomic mass is 10.1. The number of nitro benzene ring substituents is 1. The van der Waals surface area contributed by atoms with Crippen LogP contribution in [0, 0.1) is 17.0 Å². The van der Waals surface area contributed by atoms with Crippen molar-refractivity contribution in [3.63, 3.8) is 0 Å². The Kier molecular flexibility index (Phi) is 4.79. The molecule has 0 spiro atoms. The van der Waals surface area contributed by atoms with Crippen molar-refractivity contribution in [1.29, 1.82) is 0 Å². The summed E-state index contributed by atoms with van der Waals surface area (Å²) in [6.07, 6.45) is -1.05. The van der Waals surface area contributed by atoms with E-state index in [1.54, 1.807) is 0 Å². The van der Waals surface area contributed by atoms with Gasteiger partial charge in [-0.05, 0) is 12.5 Å². The molecule has 0 amide bonds. The first-order valence-corrected chi connectivity index (χ1v) is 5.42. The maximum absolute atomic E-state index is 11.1. The fraction of sp³-hybridized carbons (Fsp3) is 0.364. The summed E-state index contributed by atoms with van der Waals surface area (Å²) in [7, 11) is 0. The van der Waals surface area contributed by atoms with Crippen LogP contribution in [0.25, 0.3) is 0 Å². The molecule has 0 saturated carbocycles. The van der Waals surface area contributed by atoms with E-state index in [2.05, 4.69) is 5.32 Å². The minimum atomic E-state index is -1.31. The van der Waals surface area contributed by atoms with Gasteiger partial charge in [0.05, 0.1) is 28.9 Å². The molecule has 0 saturated heterocycles. The van der Waals surface area contributed by atoms with Crippen molar-refractivity contribution in [2.45, 2.75) is 13.0 Å². The number of nitrogens with one attached hydrogen (secondary N) is 1. The Morgan fingerprint density at radius 2 is 2.16 bits per heavy atom. The number of aliphatic hydroxyl groups excluding tert-OH is 2. The van der Waals surface area contributed by atoms with Crippen LogP contribution in [0.2, 0.25) is 0 Å². The molecule has 0 aliphatic carbocycles.